The van der Waals surface area contributed by atoms with Crippen molar-refractivity contribution in [2.45, 2.75) is 482 Å². The van der Waals surface area contributed by atoms with Crippen LogP contribution in [0, 0.1) is 82.3 Å². The standard InChI is InChI=1S/C13H26N2.C12H26N2.C11H22N2.2C11H24N2.C10H18N2.3C10H22N2.C10H21N.C9H20N2/c1-10-8-15(13(2,3)4)9-11(10)7-14-12-5-6-12;1-11(2,3)14-8-7-10(9-14)12(4,5)13-6;1-10(2,3)13-7-4-9(8-13)11(12)5-6-11;1-10(2,3)13-7-6-9(8-13)11(4,5)12;1-9(12-5)10-6-7-13(8-10)11(2,3)4;1-8-6-12(10(2,3)4)7-9(8)5-11;1-10(2,3)12-7-6-9(8-12)11(4)5;1-10(2,3)12-6-5-9(8-12)7-11-4;1-8(11)9-5-6-12(7-9)10(2,3)4;1-5-9-6-7-11(8-9)10(2,3)4;1-9(2,3)11-5-4-8(6-10)7-11/h10-12,14H,5-9H2,1-4H3;10,13H,7-9H2,1-6H3;9H,4-8,12H2,1-3H3;9H,6-8,12H2,1-5H3;9-10,12H,6-8H2,1-5H3;8-9H,6-7H2,1-4H3;9H,6-8H2,1-5H3;9,11H,5-8H2,1-4H3;8-9H,5-7,11H2,1-4H3;9H,5-8H2,1-4H3;8H,4-7,10H2,1-3H3. The number of nitrogens with one attached hydrogen (secondary N) is 4. The molecule has 11 saturated heterocycles. The second kappa shape index (κ2) is 55.5. The Hall–Kier alpha value is -1.31. The van der Waals surface area contributed by atoms with Crippen molar-refractivity contribution in [2.75, 3.05) is 199 Å². The van der Waals surface area contributed by atoms with E-state index in [0.717, 1.165) is 85.6 Å². The highest BCUT2D eigenvalue weighted by Gasteiger charge is 2.50. The highest BCUT2D eigenvalue weighted by atomic mass is 15.3. The van der Waals surface area contributed by atoms with Gasteiger partial charge in [-0.1, -0.05) is 27.2 Å². The number of likely N-dealkylation sites (N-methyl/N-ethyl adjacent to an activating group) is 1. The largest absolute Gasteiger partial charge is 0.330 e. The van der Waals surface area contributed by atoms with Gasteiger partial charge in [0.2, 0.25) is 0 Å². The molecule has 13 rings (SSSR count). The van der Waals surface area contributed by atoms with Crippen molar-refractivity contribution in [1.29, 1.82) is 5.26 Å². The highest BCUT2D eigenvalue weighted by Crippen LogP contribution is 2.45. The van der Waals surface area contributed by atoms with Crippen LogP contribution in [0.4, 0.5) is 0 Å². The van der Waals surface area contributed by atoms with Gasteiger partial charge in [0.1, 0.15) is 0 Å². The Morgan fingerprint density at radius 1 is 0.384 bits per heavy atom. The fourth-order valence-electron chi connectivity index (χ4n) is 21.6. The summed E-state index contributed by atoms with van der Waals surface area (Å²) >= 11 is 0. The zero-order valence-corrected chi connectivity index (χ0v) is 101. The van der Waals surface area contributed by atoms with Crippen molar-refractivity contribution >= 4 is 0 Å². The molecule has 13 aliphatic rings. The average Bonchev–Trinajstić information content (AvgIpc) is 1.62. The lowest BCUT2D eigenvalue weighted by atomic mass is 9.87. The first-order valence-corrected chi connectivity index (χ1v) is 56.8. The van der Waals surface area contributed by atoms with E-state index in [1.807, 2.05) is 7.05 Å². The van der Waals surface area contributed by atoms with Crippen molar-refractivity contribution < 1.29 is 0 Å². The molecule has 0 amide bonds. The van der Waals surface area contributed by atoms with Crippen LogP contribution in [0.1, 0.15) is 381 Å². The Bertz CT molecular complexity index is 3180. The summed E-state index contributed by atoms with van der Waals surface area (Å²) in [7, 11) is 10.5. The van der Waals surface area contributed by atoms with Crippen LogP contribution >= 0.6 is 0 Å². The summed E-state index contributed by atoms with van der Waals surface area (Å²) in [4.78, 5) is 30.5. The van der Waals surface area contributed by atoms with Crippen molar-refractivity contribution in [2.24, 2.45) is 93.9 Å². The van der Waals surface area contributed by atoms with Gasteiger partial charge in [-0.15, -0.1) is 0 Å². The third-order valence-electron chi connectivity index (χ3n) is 34.7. The molecule has 138 heavy (non-hydrogen) atoms. The third-order valence-corrected chi connectivity index (χ3v) is 34.7. The molecule has 15 unspecified atom stereocenters. The Labute approximate surface area is 861 Å². The summed E-state index contributed by atoms with van der Waals surface area (Å²) in [5, 5.41) is 22.6. The van der Waals surface area contributed by atoms with Gasteiger partial charge in [-0.05, 0) is 526 Å². The zero-order valence-electron chi connectivity index (χ0n) is 101. The minimum absolute atomic E-state index is 0.0139. The molecular weight excluding hydrogens is 1700 g/mol. The fourth-order valence-corrected chi connectivity index (χ4v) is 21.6. The van der Waals surface area contributed by atoms with E-state index < -0.39 is 0 Å². The molecule has 0 aromatic rings. The SMILES string of the molecule is CC(C)(C)N1CCC(C2(N)CC2)C1.CC(C)(C)N1CCC(CN)C1.CC(C)(N)C1CCN(C(C)(C)C)C1.CC(N)C1CCN(C(C)(C)C)C1.CC1CN(C(C)(C)C)CC1C#N.CC1CN(C(C)(C)C)CC1CNC1CC1.CCC1CCN(C(C)(C)C)C1.CN(C)C1CCN(C(C)(C)C)C1.CNC(C)(C)C1CCN(C(C)(C)C)C1.CNC(C)C1CCN(C(C)(C)C)C1.CNCC1CCN(C(C)(C)C)C1. The summed E-state index contributed by atoms with van der Waals surface area (Å²) in [6, 6.07) is 5.02. The minimum atomic E-state index is -0.0139. The highest BCUT2D eigenvalue weighted by molar-refractivity contribution is 5.08. The van der Waals surface area contributed by atoms with Crippen LogP contribution in [0.15, 0.2) is 0 Å². The van der Waals surface area contributed by atoms with Crippen LogP contribution in [-0.2, 0) is 0 Å². The molecule has 0 bridgehead atoms. The van der Waals surface area contributed by atoms with E-state index in [9.17, 15) is 0 Å². The molecule has 11 aliphatic heterocycles. The maximum atomic E-state index is 8.84. The van der Waals surface area contributed by atoms with Crippen LogP contribution in [0.3, 0.4) is 0 Å². The molecule has 0 radical (unpaired) electrons. The van der Waals surface area contributed by atoms with Crippen molar-refractivity contribution in [1.82, 2.24) is 80.1 Å². The predicted molar refractivity (Wildman–Crippen MR) is 606 cm³/mol. The molecular formula is C117H247N21. The normalized spacial score (nSPS) is 29.0. The van der Waals surface area contributed by atoms with Crippen molar-refractivity contribution in [3.05, 3.63) is 0 Å². The lowest BCUT2D eigenvalue weighted by Crippen LogP contribution is -2.47. The maximum Gasteiger partial charge on any atom is 0.0672 e. The first-order chi connectivity index (χ1) is 62.7. The number of hydrogen-bond donors (Lipinski definition) is 8. The Morgan fingerprint density at radius 3 is 1.03 bits per heavy atom. The molecule has 21 nitrogen and oxygen atoms in total. The molecule has 0 aromatic carbocycles. The summed E-state index contributed by atoms with van der Waals surface area (Å²) in [5.41, 5.74) is 28.0. The summed E-state index contributed by atoms with van der Waals surface area (Å²) in [6.07, 6.45) is 18.6. The van der Waals surface area contributed by atoms with Gasteiger partial charge in [-0.25, -0.2) is 0 Å². The smallest absolute Gasteiger partial charge is 0.0672 e. The molecule has 11 heterocycles. The molecule has 820 valence electrons. The van der Waals surface area contributed by atoms with Gasteiger partial charge in [0.15, 0.2) is 0 Å². The second-order valence-electron chi connectivity index (χ2n) is 58.4. The monoisotopic (exact) mass is 1950 g/mol. The molecule has 12 N–H and O–H groups in total. The molecule has 0 aromatic heterocycles. The first-order valence-electron chi connectivity index (χ1n) is 56.8. The number of nitrogens with two attached hydrogens (primary N) is 4. The quantitative estimate of drug-likeness (QED) is 0.0765. The van der Waals surface area contributed by atoms with Crippen molar-refractivity contribution in [3.63, 3.8) is 0 Å². The number of nitrogens with zero attached hydrogens (tertiary/aromatic N) is 13. The van der Waals surface area contributed by atoms with Gasteiger partial charge < -0.3 is 49.1 Å². The first kappa shape index (κ1) is 131. The fraction of sp³-hybridized carbons (Fsp3) is 0.991. The molecule has 15 atom stereocenters. The number of hydrogen-bond acceptors (Lipinski definition) is 21. The Morgan fingerprint density at radius 2 is 0.732 bits per heavy atom. The molecule has 2 aliphatic carbocycles. The van der Waals surface area contributed by atoms with Gasteiger partial charge in [-0.2, -0.15) is 5.26 Å². The van der Waals surface area contributed by atoms with Crippen molar-refractivity contribution in [3.8, 4) is 6.07 Å². The van der Waals surface area contributed by atoms with E-state index in [0.29, 0.717) is 85.2 Å². The molecule has 0 spiro atoms. The molecule has 2 saturated carbocycles. The summed E-state index contributed by atoms with van der Waals surface area (Å²) in [5.74, 6) is 8.84. The number of nitriles is 1. The molecule has 21 heteroatoms. The van der Waals surface area contributed by atoms with E-state index in [4.69, 9.17) is 28.2 Å². The lowest BCUT2D eigenvalue weighted by molar-refractivity contribution is 0.154. The number of likely N-dealkylation sites (tertiary alicyclic amines) is 11. The average molecular weight is 1950 g/mol. The number of rotatable bonds is 15. The van der Waals surface area contributed by atoms with Crippen LogP contribution in [0.5, 0.6) is 0 Å². The minimum Gasteiger partial charge on any atom is -0.330 e. The van der Waals surface area contributed by atoms with E-state index in [-0.39, 0.29) is 28.1 Å². The topological polar surface area (TPSA) is 215 Å². The third kappa shape index (κ3) is 46.8. The van der Waals surface area contributed by atoms with Crippen LogP contribution in [-0.4, -0.2) is 359 Å². The van der Waals surface area contributed by atoms with Crippen LogP contribution < -0.4 is 44.2 Å². The predicted octanol–water partition coefficient (Wildman–Crippen LogP) is 19.0. The Balaban J connectivity index is 0.000000391. The van der Waals surface area contributed by atoms with Gasteiger partial charge in [0.25, 0.3) is 0 Å². The van der Waals surface area contributed by atoms with E-state index in [2.05, 4.69) is 405 Å². The van der Waals surface area contributed by atoms with Gasteiger partial charge in [0, 0.05) is 193 Å². The summed E-state index contributed by atoms with van der Waals surface area (Å²) in [6.45, 7) is 126. The summed E-state index contributed by atoms with van der Waals surface area (Å²) < 4.78 is 0. The van der Waals surface area contributed by atoms with Gasteiger partial charge in [0.05, 0.1) is 12.0 Å². The molecule has 13 fully saturated rings. The van der Waals surface area contributed by atoms with Crippen LogP contribution in [0.2, 0.25) is 0 Å². The Kier molecular flexibility index (Phi) is 52.6. The van der Waals surface area contributed by atoms with Gasteiger partial charge in [-0.3, -0.25) is 53.9 Å². The second-order valence-corrected chi connectivity index (χ2v) is 58.4. The van der Waals surface area contributed by atoms with Gasteiger partial charge >= 0.3 is 0 Å². The van der Waals surface area contributed by atoms with Crippen LogP contribution in [0.25, 0.3) is 0 Å². The van der Waals surface area contributed by atoms with E-state index in [1.54, 1.807) is 0 Å². The zero-order chi connectivity index (χ0) is 106. The lowest BCUT2D eigenvalue weighted by Gasteiger charge is -2.35. The van der Waals surface area contributed by atoms with E-state index in [1.165, 1.54) is 227 Å². The van der Waals surface area contributed by atoms with E-state index >= 15 is 0 Å². The maximum absolute atomic E-state index is 8.84.